The van der Waals surface area contributed by atoms with E-state index in [-0.39, 0.29) is 28.1 Å². The summed E-state index contributed by atoms with van der Waals surface area (Å²) in [7, 11) is -1.07. The van der Waals surface area contributed by atoms with Gasteiger partial charge in [-0.2, -0.15) is 0 Å². The zero-order chi connectivity index (χ0) is 30.9. The number of rotatable bonds is 8. The van der Waals surface area contributed by atoms with Crippen LogP contribution in [0.25, 0.3) is 5.69 Å². The Morgan fingerprint density at radius 3 is 2.37 bits per heavy atom. The second-order valence-electron chi connectivity index (χ2n) is 11.8. The molecule has 4 aromatic rings. The lowest BCUT2D eigenvalue weighted by atomic mass is 9.76. The third-order valence-electron chi connectivity index (χ3n) is 8.85. The van der Waals surface area contributed by atoms with E-state index in [0.717, 1.165) is 34.7 Å². The molecule has 1 saturated carbocycles. The minimum absolute atomic E-state index is 0.0484. The predicted octanol–water partition coefficient (Wildman–Crippen LogP) is 5.92. The first-order valence-electron chi connectivity index (χ1n) is 14.8. The van der Waals surface area contributed by atoms with E-state index in [2.05, 4.69) is 31.3 Å². The maximum Gasteiger partial charge on any atom is 0.296 e. The van der Waals surface area contributed by atoms with E-state index in [1.807, 2.05) is 30.3 Å². The summed E-state index contributed by atoms with van der Waals surface area (Å²) >= 11 is 0. The van der Waals surface area contributed by atoms with Crippen molar-refractivity contribution < 1.29 is 13.2 Å². The number of amides is 1. The van der Waals surface area contributed by atoms with E-state index in [1.165, 1.54) is 30.3 Å². The monoisotopic (exact) mass is 600 g/mol. The van der Waals surface area contributed by atoms with Crippen LogP contribution in [-0.4, -0.2) is 30.7 Å². The molecule has 3 aromatic carbocycles. The number of nitrogens with zero attached hydrogens (tertiary/aromatic N) is 3. The van der Waals surface area contributed by atoms with Crippen LogP contribution in [-0.2, 0) is 17.1 Å². The zero-order valence-corrected chi connectivity index (χ0v) is 26.3. The molecule has 1 aliphatic carbocycles. The Labute approximate surface area is 254 Å². The van der Waals surface area contributed by atoms with Gasteiger partial charge in [-0.05, 0) is 80.0 Å². The summed E-state index contributed by atoms with van der Waals surface area (Å²) < 4.78 is 31.9. The Bertz CT molecular complexity index is 1790. The van der Waals surface area contributed by atoms with Crippen molar-refractivity contribution >= 4 is 21.6 Å². The smallest absolute Gasteiger partial charge is 0.296 e. The average Bonchev–Trinajstić information content (AvgIpc) is 3.23. The fraction of sp³-hybridized carbons (Fsp3) is 0.353. The standard InChI is InChI=1S/C34H40N4O4S/c1-23-13-11-15-26(21-23)31(30-20-10-9-14-24(30)2)35-33(39)27-16-12-19-29(22-27)43(41,42)37(5)32-25(3)36(4)38(34(32)40)28-17-7-6-8-18-28/h6-10,12,14,16-20,22-23,26,31H,11,13,15,21H2,1-5H3,(H,35,39). The van der Waals surface area contributed by atoms with Crippen LogP contribution in [0.2, 0.25) is 0 Å². The molecule has 1 aliphatic rings. The topological polar surface area (TPSA) is 93.4 Å². The van der Waals surface area contributed by atoms with Gasteiger partial charge < -0.3 is 5.32 Å². The number of aromatic nitrogens is 2. The van der Waals surface area contributed by atoms with Gasteiger partial charge in [0.1, 0.15) is 5.69 Å². The molecule has 0 bridgehead atoms. The number of carbonyl (C=O) groups excluding carboxylic acids is 1. The Balaban J connectivity index is 1.46. The Morgan fingerprint density at radius 1 is 0.977 bits per heavy atom. The van der Waals surface area contributed by atoms with Gasteiger partial charge in [0.05, 0.1) is 22.3 Å². The van der Waals surface area contributed by atoms with Crippen molar-refractivity contribution in [1.82, 2.24) is 14.7 Å². The highest BCUT2D eigenvalue weighted by Gasteiger charge is 2.32. The van der Waals surface area contributed by atoms with Gasteiger partial charge in [0.2, 0.25) is 0 Å². The molecule has 1 N–H and O–H groups in total. The summed E-state index contributed by atoms with van der Waals surface area (Å²) in [6, 6.07) is 23.1. The average molecular weight is 601 g/mol. The summed E-state index contributed by atoms with van der Waals surface area (Å²) in [6.07, 6.45) is 4.36. The number of hydrogen-bond donors (Lipinski definition) is 1. The van der Waals surface area contributed by atoms with Gasteiger partial charge in [-0.1, -0.05) is 68.3 Å². The second kappa shape index (κ2) is 12.2. The van der Waals surface area contributed by atoms with E-state index in [9.17, 15) is 18.0 Å². The van der Waals surface area contributed by atoms with E-state index >= 15 is 0 Å². The van der Waals surface area contributed by atoms with Crippen molar-refractivity contribution in [2.45, 2.75) is 57.4 Å². The number of para-hydroxylation sites is 1. The molecule has 9 heteroatoms. The molecule has 1 fully saturated rings. The summed E-state index contributed by atoms with van der Waals surface area (Å²) in [5.74, 6) is 0.548. The van der Waals surface area contributed by atoms with Crippen molar-refractivity contribution in [2.24, 2.45) is 18.9 Å². The van der Waals surface area contributed by atoms with E-state index in [4.69, 9.17) is 0 Å². The number of hydrogen-bond acceptors (Lipinski definition) is 4. The summed E-state index contributed by atoms with van der Waals surface area (Å²) in [5, 5.41) is 3.26. The Hall–Kier alpha value is -4.11. The molecule has 8 nitrogen and oxygen atoms in total. The third-order valence-corrected chi connectivity index (χ3v) is 10.6. The fourth-order valence-corrected chi connectivity index (χ4v) is 7.68. The minimum atomic E-state index is -4.17. The quantitative estimate of drug-likeness (QED) is 0.272. The van der Waals surface area contributed by atoms with Gasteiger partial charge in [0, 0.05) is 19.7 Å². The first-order chi connectivity index (χ1) is 20.5. The van der Waals surface area contributed by atoms with Crippen molar-refractivity contribution in [1.29, 1.82) is 0 Å². The summed E-state index contributed by atoms with van der Waals surface area (Å²) in [4.78, 5) is 27.2. The summed E-state index contributed by atoms with van der Waals surface area (Å²) in [5.41, 5.74) is 3.18. The molecule has 1 amide bonds. The first-order valence-corrected chi connectivity index (χ1v) is 16.2. The highest BCUT2D eigenvalue weighted by molar-refractivity contribution is 7.92. The number of nitrogens with one attached hydrogen (secondary N) is 1. The summed E-state index contributed by atoms with van der Waals surface area (Å²) in [6.45, 7) is 6.03. The number of aryl methyl sites for hydroxylation is 1. The molecular weight excluding hydrogens is 560 g/mol. The molecule has 0 aliphatic heterocycles. The van der Waals surface area contributed by atoms with E-state index in [1.54, 1.807) is 42.9 Å². The molecule has 226 valence electrons. The van der Waals surface area contributed by atoms with Gasteiger partial charge in [0.15, 0.2) is 0 Å². The van der Waals surface area contributed by atoms with Crippen molar-refractivity contribution in [2.75, 3.05) is 11.4 Å². The van der Waals surface area contributed by atoms with Crippen LogP contribution >= 0.6 is 0 Å². The van der Waals surface area contributed by atoms with Crippen LogP contribution in [0.1, 0.15) is 65.8 Å². The van der Waals surface area contributed by atoms with Gasteiger partial charge >= 0.3 is 0 Å². The van der Waals surface area contributed by atoms with Gasteiger partial charge in [-0.3, -0.25) is 18.6 Å². The van der Waals surface area contributed by atoms with Crippen LogP contribution in [0.5, 0.6) is 0 Å². The Morgan fingerprint density at radius 2 is 1.67 bits per heavy atom. The lowest BCUT2D eigenvalue weighted by Gasteiger charge is -2.35. The van der Waals surface area contributed by atoms with Crippen LogP contribution < -0.4 is 15.2 Å². The molecule has 0 saturated heterocycles. The molecule has 1 heterocycles. The molecule has 3 atom stereocenters. The fourth-order valence-electron chi connectivity index (χ4n) is 6.39. The normalized spacial score (nSPS) is 17.8. The number of anilines is 1. The lowest BCUT2D eigenvalue weighted by Crippen LogP contribution is -2.36. The van der Waals surface area contributed by atoms with Crippen LogP contribution in [0.4, 0.5) is 5.69 Å². The van der Waals surface area contributed by atoms with Crippen LogP contribution in [0, 0.1) is 25.7 Å². The molecule has 0 radical (unpaired) electrons. The predicted molar refractivity (Wildman–Crippen MR) is 170 cm³/mol. The number of sulfonamides is 1. The first kappa shape index (κ1) is 30.4. The van der Waals surface area contributed by atoms with Crippen LogP contribution in [0.15, 0.2) is 88.6 Å². The highest BCUT2D eigenvalue weighted by atomic mass is 32.2. The van der Waals surface area contributed by atoms with E-state index < -0.39 is 15.6 Å². The van der Waals surface area contributed by atoms with Crippen molar-refractivity contribution in [3.05, 3.63) is 112 Å². The minimum Gasteiger partial charge on any atom is -0.345 e. The molecule has 43 heavy (non-hydrogen) atoms. The SMILES string of the molecule is Cc1ccccc1C(NC(=O)c1cccc(S(=O)(=O)N(C)c2c(C)n(C)n(-c3ccccc3)c2=O)c1)C1CCCC(C)C1. The lowest BCUT2D eigenvalue weighted by molar-refractivity contribution is 0.0905. The number of benzene rings is 3. The second-order valence-corrected chi connectivity index (χ2v) is 13.7. The maximum absolute atomic E-state index is 13.9. The van der Waals surface area contributed by atoms with E-state index in [0.29, 0.717) is 23.2 Å². The zero-order valence-electron chi connectivity index (χ0n) is 25.4. The van der Waals surface area contributed by atoms with Crippen molar-refractivity contribution in [3.63, 3.8) is 0 Å². The largest absolute Gasteiger partial charge is 0.345 e. The molecular formula is C34H40N4O4S. The van der Waals surface area contributed by atoms with Crippen molar-refractivity contribution in [3.8, 4) is 5.69 Å². The third kappa shape index (κ3) is 5.91. The molecule has 5 rings (SSSR count). The highest BCUT2D eigenvalue weighted by Crippen LogP contribution is 2.38. The van der Waals surface area contributed by atoms with Gasteiger partial charge in [-0.25, -0.2) is 13.1 Å². The maximum atomic E-state index is 13.9. The van der Waals surface area contributed by atoms with Gasteiger partial charge in [0.25, 0.3) is 21.5 Å². The molecule has 3 unspecified atom stereocenters. The van der Waals surface area contributed by atoms with Gasteiger partial charge in [-0.15, -0.1) is 0 Å². The van der Waals surface area contributed by atoms with Crippen LogP contribution in [0.3, 0.4) is 0 Å². The molecule has 1 aromatic heterocycles. The molecule has 0 spiro atoms. The Kier molecular flexibility index (Phi) is 8.64. The number of carbonyl (C=O) groups is 1.